The van der Waals surface area contributed by atoms with Gasteiger partial charge < -0.3 is 9.84 Å². The zero-order valence-electron chi connectivity index (χ0n) is 13.5. The van der Waals surface area contributed by atoms with E-state index in [-0.39, 0.29) is 12.2 Å². The Morgan fingerprint density at radius 2 is 2.08 bits per heavy atom. The molecule has 0 aliphatic heterocycles. The summed E-state index contributed by atoms with van der Waals surface area (Å²) in [6.07, 6.45) is 1.41. The monoisotopic (exact) mass is 348 g/mol. The van der Waals surface area contributed by atoms with Crippen LogP contribution < -0.4 is 5.56 Å². The summed E-state index contributed by atoms with van der Waals surface area (Å²) >= 11 is 1.53. The van der Waals surface area contributed by atoms with Crippen LogP contribution in [0.5, 0.6) is 0 Å². The van der Waals surface area contributed by atoms with Crippen LogP contribution in [0.2, 0.25) is 0 Å². The lowest BCUT2D eigenvalue weighted by Gasteiger charge is -2.11. The van der Waals surface area contributed by atoms with Crippen LogP contribution in [0.4, 0.5) is 0 Å². The van der Waals surface area contributed by atoms with Crippen molar-refractivity contribution in [2.45, 2.75) is 24.5 Å². The van der Waals surface area contributed by atoms with Gasteiger partial charge in [-0.2, -0.15) is 0 Å². The second kappa shape index (κ2) is 7.78. The minimum atomic E-state index is -0.0616. The average molecular weight is 348 g/mol. The number of nitrogens with zero attached hydrogens (tertiary/aromatic N) is 4. The summed E-state index contributed by atoms with van der Waals surface area (Å²) in [5.74, 6) is 1.29. The van der Waals surface area contributed by atoms with E-state index in [1.165, 1.54) is 11.8 Å². The first-order valence-corrected chi connectivity index (χ1v) is 8.85. The zero-order chi connectivity index (χ0) is 16.9. The summed E-state index contributed by atoms with van der Waals surface area (Å²) in [6.45, 7) is 1.25. The maximum Gasteiger partial charge on any atom is 0.262 e. The van der Waals surface area contributed by atoms with Crippen molar-refractivity contribution in [3.8, 4) is 0 Å². The van der Waals surface area contributed by atoms with Gasteiger partial charge in [0.05, 0.1) is 10.9 Å². The molecule has 128 valence electrons. The van der Waals surface area contributed by atoms with Gasteiger partial charge in [-0.05, 0) is 25.0 Å². The molecule has 3 rings (SSSR count). The number of benzene rings is 1. The Bertz CT molecular complexity index is 890. The third-order valence-corrected chi connectivity index (χ3v) is 4.76. The molecular weight excluding hydrogens is 328 g/mol. The molecule has 0 aliphatic rings. The van der Waals surface area contributed by atoms with E-state index in [0.29, 0.717) is 30.7 Å². The van der Waals surface area contributed by atoms with Gasteiger partial charge in [0.1, 0.15) is 0 Å². The molecule has 2 heterocycles. The summed E-state index contributed by atoms with van der Waals surface area (Å²) in [6, 6.07) is 7.49. The molecule has 0 fully saturated rings. The molecular formula is C16H20N4O3S. The molecule has 1 N–H and O–H groups in total. The fourth-order valence-electron chi connectivity index (χ4n) is 2.62. The standard InChI is InChI=1S/C16H20N4O3S/c1-23-10-4-8-19-14(22)12-6-2-3-7-13(12)20-15(19)17-18-16(20)24-11-5-9-21/h2-3,6-7,21H,4-5,8-11H2,1H3. The number of aliphatic hydroxyl groups is 1. The maximum absolute atomic E-state index is 12.8. The van der Waals surface area contributed by atoms with Gasteiger partial charge in [0.15, 0.2) is 5.16 Å². The molecule has 7 nitrogen and oxygen atoms in total. The van der Waals surface area contributed by atoms with Crippen molar-refractivity contribution in [1.29, 1.82) is 0 Å². The Labute approximate surface area is 143 Å². The van der Waals surface area contributed by atoms with Gasteiger partial charge in [0.25, 0.3) is 5.56 Å². The van der Waals surface area contributed by atoms with Crippen molar-refractivity contribution >= 4 is 28.4 Å². The number of rotatable bonds is 8. The highest BCUT2D eigenvalue weighted by molar-refractivity contribution is 7.99. The number of para-hydroxylation sites is 1. The van der Waals surface area contributed by atoms with E-state index in [1.807, 2.05) is 28.7 Å². The summed E-state index contributed by atoms with van der Waals surface area (Å²) in [5, 5.41) is 18.8. The van der Waals surface area contributed by atoms with Crippen LogP contribution in [0, 0.1) is 0 Å². The first-order chi connectivity index (χ1) is 11.8. The molecule has 0 amide bonds. The molecule has 0 saturated carbocycles. The smallest absolute Gasteiger partial charge is 0.262 e. The Kier molecular flexibility index (Phi) is 5.49. The van der Waals surface area contributed by atoms with Crippen molar-refractivity contribution < 1.29 is 9.84 Å². The summed E-state index contributed by atoms with van der Waals surface area (Å²) in [5.41, 5.74) is 0.741. The molecule has 0 bridgehead atoms. The Morgan fingerprint density at radius 1 is 1.25 bits per heavy atom. The van der Waals surface area contributed by atoms with Gasteiger partial charge in [0.2, 0.25) is 5.78 Å². The maximum atomic E-state index is 12.8. The van der Waals surface area contributed by atoms with E-state index < -0.39 is 0 Å². The Hall–Kier alpha value is -1.90. The molecule has 1 aromatic carbocycles. The first-order valence-electron chi connectivity index (χ1n) is 7.87. The summed E-state index contributed by atoms with van der Waals surface area (Å²) in [4.78, 5) is 12.8. The molecule has 0 spiro atoms. The van der Waals surface area contributed by atoms with Crippen LogP contribution in [-0.2, 0) is 11.3 Å². The molecule has 2 aromatic heterocycles. The lowest BCUT2D eigenvalue weighted by Crippen LogP contribution is -2.24. The number of hydrogen-bond donors (Lipinski definition) is 1. The number of aryl methyl sites for hydroxylation is 1. The number of aromatic nitrogens is 4. The minimum Gasteiger partial charge on any atom is -0.396 e. The van der Waals surface area contributed by atoms with Crippen LogP contribution >= 0.6 is 11.8 Å². The van der Waals surface area contributed by atoms with Gasteiger partial charge in [-0.1, -0.05) is 23.9 Å². The number of methoxy groups -OCH3 is 1. The van der Waals surface area contributed by atoms with Gasteiger partial charge in [-0.3, -0.25) is 13.8 Å². The Balaban J connectivity index is 2.15. The van der Waals surface area contributed by atoms with Crippen LogP contribution in [0.1, 0.15) is 12.8 Å². The van der Waals surface area contributed by atoms with Crippen LogP contribution in [-0.4, -0.2) is 50.3 Å². The van der Waals surface area contributed by atoms with E-state index >= 15 is 0 Å². The highest BCUT2D eigenvalue weighted by atomic mass is 32.2. The van der Waals surface area contributed by atoms with Crippen LogP contribution in [0.25, 0.3) is 16.7 Å². The Morgan fingerprint density at radius 3 is 2.88 bits per heavy atom. The molecule has 8 heteroatoms. The van der Waals surface area contributed by atoms with E-state index in [4.69, 9.17) is 9.84 Å². The van der Waals surface area contributed by atoms with Gasteiger partial charge in [0, 0.05) is 32.6 Å². The van der Waals surface area contributed by atoms with E-state index in [1.54, 1.807) is 11.7 Å². The van der Waals surface area contributed by atoms with Gasteiger partial charge >= 0.3 is 0 Å². The molecule has 0 radical (unpaired) electrons. The highest BCUT2D eigenvalue weighted by Gasteiger charge is 2.16. The second-order valence-electron chi connectivity index (χ2n) is 5.36. The number of hydrogen-bond acceptors (Lipinski definition) is 6. The number of fused-ring (bicyclic) bond motifs is 3. The predicted octanol–water partition coefficient (Wildman–Crippen LogP) is 1.56. The van der Waals surface area contributed by atoms with Gasteiger partial charge in [-0.25, -0.2) is 0 Å². The molecule has 0 saturated heterocycles. The molecule has 3 aromatic rings. The van der Waals surface area contributed by atoms with Crippen molar-refractivity contribution in [3.63, 3.8) is 0 Å². The number of thioether (sulfide) groups is 1. The number of ether oxygens (including phenoxy) is 1. The van der Waals surface area contributed by atoms with Gasteiger partial charge in [-0.15, -0.1) is 10.2 Å². The topological polar surface area (TPSA) is 81.7 Å². The average Bonchev–Trinajstić information content (AvgIpc) is 3.02. The molecule has 0 aliphatic carbocycles. The summed E-state index contributed by atoms with van der Waals surface area (Å²) in [7, 11) is 1.64. The first kappa shape index (κ1) is 16.9. The summed E-state index contributed by atoms with van der Waals surface area (Å²) < 4.78 is 8.67. The normalized spacial score (nSPS) is 11.6. The van der Waals surface area contributed by atoms with E-state index in [2.05, 4.69) is 10.2 Å². The molecule has 0 atom stereocenters. The largest absolute Gasteiger partial charge is 0.396 e. The molecule has 24 heavy (non-hydrogen) atoms. The quantitative estimate of drug-likeness (QED) is 0.491. The second-order valence-corrected chi connectivity index (χ2v) is 6.43. The highest BCUT2D eigenvalue weighted by Crippen LogP contribution is 2.22. The fourth-order valence-corrected chi connectivity index (χ4v) is 3.49. The van der Waals surface area contributed by atoms with Crippen molar-refractivity contribution in [1.82, 2.24) is 19.2 Å². The van der Waals surface area contributed by atoms with E-state index in [9.17, 15) is 4.79 Å². The van der Waals surface area contributed by atoms with Crippen molar-refractivity contribution in [2.75, 3.05) is 26.1 Å². The zero-order valence-corrected chi connectivity index (χ0v) is 14.3. The minimum absolute atomic E-state index is 0.0616. The lowest BCUT2D eigenvalue weighted by molar-refractivity contribution is 0.190. The molecule has 0 unspecified atom stereocenters. The SMILES string of the molecule is COCCCn1c(=O)c2ccccc2n2c(SCCCO)nnc12. The van der Waals surface area contributed by atoms with Crippen molar-refractivity contribution in [3.05, 3.63) is 34.6 Å². The number of aliphatic hydroxyl groups excluding tert-OH is 1. The third-order valence-electron chi connectivity index (χ3n) is 3.74. The lowest BCUT2D eigenvalue weighted by atomic mass is 10.2. The van der Waals surface area contributed by atoms with Crippen LogP contribution in [0.15, 0.2) is 34.2 Å². The van der Waals surface area contributed by atoms with Crippen molar-refractivity contribution in [2.24, 2.45) is 0 Å². The predicted molar refractivity (Wildman–Crippen MR) is 93.7 cm³/mol. The van der Waals surface area contributed by atoms with Crippen LogP contribution in [0.3, 0.4) is 0 Å². The fraction of sp³-hybridized carbons (Fsp3) is 0.438. The van der Waals surface area contributed by atoms with E-state index in [0.717, 1.165) is 22.8 Å². The third kappa shape index (κ3) is 3.17.